The van der Waals surface area contributed by atoms with E-state index in [0.29, 0.717) is 12.8 Å². The molecule has 1 aliphatic rings. The number of hydrogen-bond donors (Lipinski definition) is 1. The molecular formula is C10H17N3O2S. The van der Waals surface area contributed by atoms with E-state index in [4.69, 9.17) is 0 Å². The van der Waals surface area contributed by atoms with E-state index in [2.05, 4.69) is 14.9 Å². The van der Waals surface area contributed by atoms with Gasteiger partial charge in [0.15, 0.2) is 0 Å². The average molecular weight is 243 g/mol. The second kappa shape index (κ2) is 4.08. The molecule has 90 valence electrons. The molecule has 1 aromatic heterocycles. The molecule has 0 aromatic carbocycles. The molecule has 0 unspecified atom stereocenters. The molecule has 6 heteroatoms. The summed E-state index contributed by atoms with van der Waals surface area (Å²) in [6.45, 7) is 1.94. The van der Waals surface area contributed by atoms with E-state index in [9.17, 15) is 8.42 Å². The Labute approximate surface area is 95.8 Å². The SMILES string of the molecule is CNc1nc(C)cn1C1CCS(=O)(=O)CC1. The van der Waals surface area contributed by atoms with Gasteiger partial charge < -0.3 is 9.88 Å². The van der Waals surface area contributed by atoms with Crippen LogP contribution in [-0.2, 0) is 9.84 Å². The van der Waals surface area contributed by atoms with Gasteiger partial charge in [-0.25, -0.2) is 13.4 Å². The van der Waals surface area contributed by atoms with E-state index in [-0.39, 0.29) is 17.5 Å². The maximum absolute atomic E-state index is 11.3. The summed E-state index contributed by atoms with van der Waals surface area (Å²) in [5.41, 5.74) is 0.956. The summed E-state index contributed by atoms with van der Waals surface area (Å²) in [4.78, 5) is 4.34. The number of sulfone groups is 1. The highest BCUT2D eigenvalue weighted by Crippen LogP contribution is 2.27. The van der Waals surface area contributed by atoms with Crippen LogP contribution in [-0.4, -0.2) is 36.5 Å². The highest BCUT2D eigenvalue weighted by Gasteiger charge is 2.26. The number of nitrogens with zero attached hydrogens (tertiary/aromatic N) is 2. The molecule has 1 saturated heterocycles. The lowest BCUT2D eigenvalue weighted by atomic mass is 10.1. The zero-order valence-corrected chi connectivity index (χ0v) is 10.4. The lowest BCUT2D eigenvalue weighted by Crippen LogP contribution is -2.25. The third-order valence-electron chi connectivity index (χ3n) is 2.99. The van der Waals surface area contributed by atoms with Crippen molar-refractivity contribution < 1.29 is 8.42 Å². The van der Waals surface area contributed by atoms with Crippen molar-refractivity contribution in [3.63, 3.8) is 0 Å². The molecule has 5 nitrogen and oxygen atoms in total. The minimum absolute atomic E-state index is 0.257. The Morgan fingerprint density at radius 2 is 2.06 bits per heavy atom. The lowest BCUT2D eigenvalue weighted by Gasteiger charge is -2.24. The molecule has 2 rings (SSSR count). The van der Waals surface area contributed by atoms with Crippen LogP contribution in [0.15, 0.2) is 6.20 Å². The highest BCUT2D eigenvalue weighted by atomic mass is 32.2. The third-order valence-corrected chi connectivity index (χ3v) is 4.71. The van der Waals surface area contributed by atoms with Crippen LogP contribution < -0.4 is 5.32 Å². The largest absolute Gasteiger partial charge is 0.359 e. The normalized spacial score (nSPS) is 20.9. The van der Waals surface area contributed by atoms with Crippen molar-refractivity contribution in [1.82, 2.24) is 9.55 Å². The molecule has 1 aromatic rings. The zero-order valence-electron chi connectivity index (χ0n) is 9.60. The minimum Gasteiger partial charge on any atom is -0.359 e. The fraction of sp³-hybridized carbons (Fsp3) is 0.700. The van der Waals surface area contributed by atoms with Gasteiger partial charge in [0.25, 0.3) is 0 Å². The number of rotatable bonds is 2. The fourth-order valence-corrected chi connectivity index (χ4v) is 3.60. The molecular weight excluding hydrogens is 226 g/mol. The Bertz CT molecular complexity index is 464. The summed E-state index contributed by atoms with van der Waals surface area (Å²) in [5.74, 6) is 1.40. The van der Waals surface area contributed by atoms with E-state index in [1.54, 1.807) is 0 Å². The molecule has 0 aliphatic carbocycles. The van der Waals surface area contributed by atoms with Crippen LogP contribution in [0.3, 0.4) is 0 Å². The van der Waals surface area contributed by atoms with E-state index in [1.807, 2.05) is 20.2 Å². The summed E-state index contributed by atoms with van der Waals surface area (Å²) < 4.78 is 24.8. The summed E-state index contributed by atoms with van der Waals surface area (Å²) >= 11 is 0. The Hall–Kier alpha value is -1.04. The van der Waals surface area contributed by atoms with Gasteiger partial charge in [0.1, 0.15) is 9.84 Å². The first-order valence-corrected chi connectivity index (χ1v) is 7.27. The molecule has 1 N–H and O–H groups in total. The van der Waals surface area contributed by atoms with Crippen molar-refractivity contribution in [3.8, 4) is 0 Å². The van der Waals surface area contributed by atoms with Crippen LogP contribution in [0.25, 0.3) is 0 Å². The van der Waals surface area contributed by atoms with Gasteiger partial charge in [0.05, 0.1) is 17.2 Å². The number of aromatic nitrogens is 2. The Kier molecular flexibility index (Phi) is 2.92. The van der Waals surface area contributed by atoms with Gasteiger partial charge in [-0.1, -0.05) is 0 Å². The molecule has 0 saturated carbocycles. The van der Waals surface area contributed by atoms with Gasteiger partial charge in [-0.3, -0.25) is 0 Å². The van der Waals surface area contributed by atoms with Crippen molar-refractivity contribution in [2.75, 3.05) is 23.9 Å². The first-order valence-electron chi connectivity index (χ1n) is 5.45. The Balaban J connectivity index is 2.19. The van der Waals surface area contributed by atoms with Crippen LogP contribution in [0.4, 0.5) is 5.95 Å². The molecule has 1 aliphatic heterocycles. The van der Waals surface area contributed by atoms with Crippen LogP contribution in [0.5, 0.6) is 0 Å². The van der Waals surface area contributed by atoms with Gasteiger partial charge >= 0.3 is 0 Å². The monoisotopic (exact) mass is 243 g/mol. The topological polar surface area (TPSA) is 64.0 Å². The molecule has 0 bridgehead atoms. The number of nitrogens with one attached hydrogen (secondary N) is 1. The van der Waals surface area contributed by atoms with Crippen LogP contribution in [0, 0.1) is 6.92 Å². The first kappa shape index (κ1) is 11.4. The second-order valence-corrected chi connectivity index (χ2v) is 6.55. The fourth-order valence-electron chi connectivity index (χ4n) is 2.14. The number of anilines is 1. The Morgan fingerprint density at radius 3 is 2.62 bits per heavy atom. The van der Waals surface area contributed by atoms with Crippen molar-refractivity contribution in [2.24, 2.45) is 0 Å². The Morgan fingerprint density at radius 1 is 1.44 bits per heavy atom. The summed E-state index contributed by atoms with van der Waals surface area (Å²) in [6.07, 6.45) is 3.36. The van der Waals surface area contributed by atoms with Crippen LogP contribution in [0.1, 0.15) is 24.6 Å². The highest BCUT2D eigenvalue weighted by molar-refractivity contribution is 7.91. The predicted molar refractivity (Wildman–Crippen MR) is 63.4 cm³/mol. The minimum atomic E-state index is -2.79. The zero-order chi connectivity index (χ0) is 11.8. The molecule has 1 fully saturated rings. The third kappa shape index (κ3) is 2.21. The molecule has 0 spiro atoms. The van der Waals surface area contributed by atoms with Crippen LogP contribution >= 0.6 is 0 Å². The summed E-state index contributed by atoms with van der Waals surface area (Å²) in [5, 5.41) is 3.04. The number of imidazole rings is 1. The van der Waals surface area contributed by atoms with Crippen molar-refractivity contribution in [3.05, 3.63) is 11.9 Å². The van der Waals surface area contributed by atoms with Gasteiger partial charge in [-0.05, 0) is 19.8 Å². The lowest BCUT2D eigenvalue weighted by molar-refractivity contribution is 0.453. The van der Waals surface area contributed by atoms with Gasteiger partial charge in [-0.15, -0.1) is 0 Å². The first-order chi connectivity index (χ1) is 7.52. The summed E-state index contributed by atoms with van der Waals surface area (Å²) in [6, 6.07) is 0.257. The van der Waals surface area contributed by atoms with E-state index >= 15 is 0 Å². The van der Waals surface area contributed by atoms with Crippen molar-refractivity contribution in [2.45, 2.75) is 25.8 Å². The summed E-state index contributed by atoms with van der Waals surface area (Å²) in [7, 11) is -0.959. The average Bonchev–Trinajstić information content (AvgIpc) is 2.59. The van der Waals surface area contributed by atoms with Crippen molar-refractivity contribution in [1.29, 1.82) is 0 Å². The predicted octanol–water partition coefficient (Wildman–Crippen LogP) is 0.983. The quantitative estimate of drug-likeness (QED) is 0.841. The molecule has 16 heavy (non-hydrogen) atoms. The number of hydrogen-bond acceptors (Lipinski definition) is 4. The van der Waals surface area contributed by atoms with Gasteiger partial charge in [-0.2, -0.15) is 0 Å². The maximum Gasteiger partial charge on any atom is 0.203 e. The van der Waals surface area contributed by atoms with Crippen LogP contribution in [0.2, 0.25) is 0 Å². The van der Waals surface area contributed by atoms with E-state index in [1.165, 1.54) is 0 Å². The van der Waals surface area contributed by atoms with Crippen molar-refractivity contribution >= 4 is 15.8 Å². The molecule has 0 atom stereocenters. The standard InChI is InChI=1S/C10H17N3O2S/c1-8-7-13(10(11-2)12-8)9-3-5-16(14,15)6-4-9/h7,9H,3-6H2,1-2H3,(H,11,12). The molecule has 2 heterocycles. The van der Waals surface area contributed by atoms with Gasteiger partial charge in [0, 0.05) is 19.3 Å². The smallest absolute Gasteiger partial charge is 0.203 e. The maximum atomic E-state index is 11.3. The molecule has 0 amide bonds. The second-order valence-electron chi connectivity index (χ2n) is 4.25. The number of aryl methyl sites for hydroxylation is 1. The molecule has 0 radical (unpaired) electrons. The van der Waals surface area contributed by atoms with E-state index < -0.39 is 9.84 Å². The van der Waals surface area contributed by atoms with Gasteiger partial charge in [0.2, 0.25) is 5.95 Å². The van der Waals surface area contributed by atoms with E-state index in [0.717, 1.165) is 11.6 Å².